The van der Waals surface area contributed by atoms with Gasteiger partial charge in [0, 0.05) is 12.2 Å². The van der Waals surface area contributed by atoms with Crippen LogP contribution in [0.25, 0.3) is 0 Å². The minimum Gasteiger partial charge on any atom is -0.351 e. The Balaban J connectivity index is 2.76. The summed E-state index contributed by atoms with van der Waals surface area (Å²) < 4.78 is 15.0. The van der Waals surface area contributed by atoms with E-state index in [9.17, 15) is 9.00 Å². The van der Waals surface area contributed by atoms with E-state index < -0.39 is 17.0 Å². The van der Waals surface area contributed by atoms with Crippen molar-refractivity contribution >= 4 is 17.0 Å². The van der Waals surface area contributed by atoms with Gasteiger partial charge in [-0.1, -0.05) is 0 Å². The Morgan fingerprint density at radius 1 is 1.71 bits per heavy atom. The van der Waals surface area contributed by atoms with E-state index in [1.165, 1.54) is 0 Å². The van der Waals surface area contributed by atoms with Crippen LogP contribution in [0.1, 0.15) is 19.9 Å². The summed E-state index contributed by atoms with van der Waals surface area (Å²) in [5.74, 6) is 0. The minimum absolute atomic E-state index is 0.189. The van der Waals surface area contributed by atoms with E-state index in [0.29, 0.717) is 0 Å². The SMILES string of the molecule is CC(C)n1ccc(S(=O)NC(N)=O)n1. The lowest BCUT2D eigenvalue weighted by molar-refractivity contribution is 0.254. The highest BCUT2D eigenvalue weighted by Crippen LogP contribution is 2.06. The third kappa shape index (κ3) is 2.56. The van der Waals surface area contributed by atoms with Crippen molar-refractivity contribution in [2.24, 2.45) is 5.73 Å². The molecule has 14 heavy (non-hydrogen) atoms. The summed E-state index contributed by atoms with van der Waals surface area (Å²) in [4.78, 5) is 10.4. The first-order chi connectivity index (χ1) is 6.50. The Morgan fingerprint density at radius 2 is 2.36 bits per heavy atom. The number of primary amides is 1. The molecule has 1 aromatic rings. The molecule has 0 bridgehead atoms. The lowest BCUT2D eigenvalue weighted by atomic mass is 10.4. The molecule has 3 N–H and O–H groups in total. The Labute approximate surface area is 84.1 Å². The molecular weight excluding hydrogens is 204 g/mol. The van der Waals surface area contributed by atoms with Gasteiger partial charge in [0.05, 0.1) is 0 Å². The molecule has 0 fully saturated rings. The van der Waals surface area contributed by atoms with Crippen LogP contribution < -0.4 is 10.5 Å². The first kappa shape index (κ1) is 10.7. The summed E-state index contributed by atoms with van der Waals surface area (Å²) in [5.41, 5.74) is 4.82. The van der Waals surface area contributed by atoms with Crippen LogP contribution >= 0.6 is 0 Å². The molecule has 7 heteroatoms. The number of aromatic nitrogens is 2. The fourth-order valence-electron chi connectivity index (χ4n) is 0.851. The van der Waals surface area contributed by atoms with Crippen molar-refractivity contribution in [3.8, 4) is 0 Å². The van der Waals surface area contributed by atoms with E-state index in [1.807, 2.05) is 18.6 Å². The second kappa shape index (κ2) is 4.23. The summed E-state index contributed by atoms with van der Waals surface area (Å²) in [6.45, 7) is 3.89. The third-order valence-electron chi connectivity index (χ3n) is 1.50. The smallest absolute Gasteiger partial charge is 0.324 e. The van der Waals surface area contributed by atoms with Crippen LogP contribution in [-0.4, -0.2) is 20.0 Å². The molecule has 1 heterocycles. The van der Waals surface area contributed by atoms with Gasteiger partial charge < -0.3 is 5.73 Å². The Hall–Kier alpha value is -1.37. The molecule has 0 saturated carbocycles. The van der Waals surface area contributed by atoms with Crippen LogP contribution in [0, 0.1) is 0 Å². The van der Waals surface area contributed by atoms with E-state index in [2.05, 4.69) is 5.10 Å². The van der Waals surface area contributed by atoms with Crippen LogP contribution in [0.3, 0.4) is 0 Å². The molecule has 78 valence electrons. The number of carbonyl (C=O) groups excluding carboxylic acids is 1. The van der Waals surface area contributed by atoms with Crippen LogP contribution in [-0.2, 0) is 11.0 Å². The minimum atomic E-state index is -1.67. The van der Waals surface area contributed by atoms with E-state index in [1.54, 1.807) is 16.9 Å². The normalized spacial score (nSPS) is 12.8. The molecule has 1 aromatic heterocycles. The third-order valence-corrected chi connectivity index (χ3v) is 2.48. The van der Waals surface area contributed by atoms with Crippen molar-refractivity contribution < 1.29 is 9.00 Å². The fourth-order valence-corrected chi connectivity index (χ4v) is 1.49. The van der Waals surface area contributed by atoms with Crippen molar-refractivity contribution in [1.82, 2.24) is 14.5 Å². The predicted molar refractivity (Wildman–Crippen MR) is 51.7 cm³/mol. The van der Waals surface area contributed by atoms with Crippen molar-refractivity contribution in [2.75, 3.05) is 0 Å². The molecule has 0 spiro atoms. The Kier molecular flexibility index (Phi) is 3.23. The van der Waals surface area contributed by atoms with Gasteiger partial charge in [-0.2, -0.15) is 5.10 Å². The van der Waals surface area contributed by atoms with Gasteiger partial charge in [0.2, 0.25) is 0 Å². The van der Waals surface area contributed by atoms with Crippen LogP contribution in [0.4, 0.5) is 4.79 Å². The largest absolute Gasteiger partial charge is 0.351 e. The highest BCUT2D eigenvalue weighted by Gasteiger charge is 2.10. The highest BCUT2D eigenvalue weighted by atomic mass is 32.2. The average Bonchev–Trinajstić information content (AvgIpc) is 2.50. The highest BCUT2D eigenvalue weighted by molar-refractivity contribution is 7.83. The maximum absolute atomic E-state index is 11.3. The van der Waals surface area contributed by atoms with Gasteiger partial charge in [0.15, 0.2) is 16.0 Å². The summed E-state index contributed by atoms with van der Waals surface area (Å²) >= 11 is 0. The second-order valence-electron chi connectivity index (χ2n) is 2.96. The zero-order valence-electron chi connectivity index (χ0n) is 7.93. The Bertz CT molecular complexity index is 360. The predicted octanol–water partition coefficient (Wildman–Crippen LogP) is 0.155. The van der Waals surface area contributed by atoms with Crippen LogP contribution in [0.2, 0.25) is 0 Å². The first-order valence-corrected chi connectivity index (χ1v) is 5.18. The molecule has 1 unspecified atom stereocenters. The molecule has 0 aromatic carbocycles. The van der Waals surface area contributed by atoms with Gasteiger partial charge in [-0.05, 0) is 19.9 Å². The van der Waals surface area contributed by atoms with Gasteiger partial charge >= 0.3 is 6.03 Å². The molecule has 6 nitrogen and oxygen atoms in total. The van der Waals surface area contributed by atoms with Crippen LogP contribution in [0.5, 0.6) is 0 Å². The number of nitrogens with zero attached hydrogens (tertiary/aromatic N) is 2. The van der Waals surface area contributed by atoms with Crippen molar-refractivity contribution in [1.29, 1.82) is 0 Å². The molecule has 2 amide bonds. The van der Waals surface area contributed by atoms with E-state index in [4.69, 9.17) is 5.73 Å². The number of nitrogens with two attached hydrogens (primary N) is 1. The molecule has 0 aliphatic carbocycles. The molecular formula is C7H12N4O2S. The monoisotopic (exact) mass is 216 g/mol. The number of amides is 2. The van der Waals surface area contributed by atoms with Crippen molar-refractivity contribution in [3.63, 3.8) is 0 Å². The van der Waals surface area contributed by atoms with Gasteiger partial charge in [0.25, 0.3) is 0 Å². The van der Waals surface area contributed by atoms with Gasteiger partial charge in [-0.25, -0.2) is 9.00 Å². The topological polar surface area (TPSA) is 90.0 Å². The zero-order chi connectivity index (χ0) is 10.7. The zero-order valence-corrected chi connectivity index (χ0v) is 8.75. The lowest BCUT2D eigenvalue weighted by Gasteiger charge is -2.03. The Morgan fingerprint density at radius 3 is 2.79 bits per heavy atom. The molecule has 0 aliphatic heterocycles. The first-order valence-electron chi connectivity index (χ1n) is 4.03. The van der Waals surface area contributed by atoms with Gasteiger partial charge in [-0.3, -0.25) is 9.40 Å². The lowest BCUT2D eigenvalue weighted by Crippen LogP contribution is -2.31. The maximum atomic E-state index is 11.3. The summed E-state index contributed by atoms with van der Waals surface area (Å²) in [5, 5.41) is 4.30. The number of urea groups is 1. The number of nitrogens with one attached hydrogen (secondary N) is 1. The summed E-state index contributed by atoms with van der Waals surface area (Å²) in [7, 11) is -1.67. The summed E-state index contributed by atoms with van der Waals surface area (Å²) in [6.07, 6.45) is 1.70. The molecule has 0 radical (unpaired) electrons. The average molecular weight is 216 g/mol. The molecule has 0 aliphatic rings. The summed E-state index contributed by atoms with van der Waals surface area (Å²) in [6, 6.07) is 0.934. The fraction of sp³-hybridized carbons (Fsp3) is 0.429. The molecule has 0 saturated heterocycles. The standard InChI is InChI=1S/C7H12N4O2S/c1-5(2)11-4-3-6(9-11)14(13)10-7(8)12/h3-5H,1-2H3,(H3,8,10,12). The molecule has 1 atom stereocenters. The van der Waals surface area contributed by atoms with E-state index in [0.717, 1.165) is 0 Å². The number of rotatable bonds is 3. The van der Waals surface area contributed by atoms with Crippen LogP contribution in [0.15, 0.2) is 17.3 Å². The van der Waals surface area contributed by atoms with E-state index in [-0.39, 0.29) is 11.1 Å². The van der Waals surface area contributed by atoms with E-state index >= 15 is 0 Å². The van der Waals surface area contributed by atoms with Gasteiger partial charge in [-0.15, -0.1) is 0 Å². The number of hydrogen-bond acceptors (Lipinski definition) is 3. The quantitative estimate of drug-likeness (QED) is 0.753. The number of hydrogen-bond donors (Lipinski definition) is 2. The van der Waals surface area contributed by atoms with Crippen molar-refractivity contribution in [3.05, 3.63) is 12.3 Å². The maximum Gasteiger partial charge on any atom is 0.324 e. The second-order valence-corrected chi connectivity index (χ2v) is 4.12. The number of carbonyl (C=O) groups is 1. The van der Waals surface area contributed by atoms with Gasteiger partial charge in [0.1, 0.15) is 0 Å². The molecule has 1 rings (SSSR count). The van der Waals surface area contributed by atoms with Crippen molar-refractivity contribution in [2.45, 2.75) is 24.9 Å².